The summed E-state index contributed by atoms with van der Waals surface area (Å²) in [5.41, 5.74) is -0.889. The molecule has 1 fully saturated rings. The molecule has 0 spiro atoms. The van der Waals surface area contributed by atoms with Crippen molar-refractivity contribution in [1.82, 2.24) is 0 Å². The normalized spacial score (nSPS) is 39.4. The fourth-order valence-electron chi connectivity index (χ4n) is 0.895. The van der Waals surface area contributed by atoms with Gasteiger partial charge in [0.05, 0.1) is 6.61 Å². The van der Waals surface area contributed by atoms with Crippen LogP contribution in [0.25, 0.3) is 0 Å². The molecule has 0 radical (unpaired) electrons. The molecule has 0 unspecified atom stereocenters. The second kappa shape index (κ2) is 2.08. The Hall–Kier alpha value is -0.860. The Morgan fingerprint density at radius 1 is 1.80 bits per heavy atom. The van der Waals surface area contributed by atoms with Gasteiger partial charge in [0.1, 0.15) is 11.7 Å². The number of hydrogen-bond acceptors (Lipinski definition) is 3. The molecule has 0 N–H and O–H groups in total. The quantitative estimate of drug-likeness (QED) is 0.302. The molecular formula is C7H10O3. The molecule has 56 valence electrons. The van der Waals surface area contributed by atoms with Crippen molar-refractivity contribution in [3.05, 3.63) is 0 Å². The standard InChI is InChI=1S/C7H10O3/c1-5-3-10-6(9)7(5,2)4-8/h4-5H,3H2,1-2H3/t5-,7+/m0/s1. The SMILES string of the molecule is C[C@H]1COC(=O)[C@]1(C)C=O. The van der Waals surface area contributed by atoms with E-state index >= 15 is 0 Å². The van der Waals surface area contributed by atoms with Crippen LogP contribution in [0.3, 0.4) is 0 Å². The van der Waals surface area contributed by atoms with Crippen LogP contribution in [0.4, 0.5) is 0 Å². The summed E-state index contributed by atoms with van der Waals surface area (Å²) in [6.45, 7) is 3.81. The molecule has 1 aliphatic rings. The summed E-state index contributed by atoms with van der Waals surface area (Å²) in [5, 5.41) is 0. The van der Waals surface area contributed by atoms with Gasteiger partial charge in [-0.05, 0) is 6.92 Å². The fourth-order valence-corrected chi connectivity index (χ4v) is 0.895. The third-order valence-corrected chi connectivity index (χ3v) is 2.17. The number of carbonyl (C=O) groups excluding carboxylic acids is 2. The minimum absolute atomic E-state index is 0.0116. The van der Waals surface area contributed by atoms with Gasteiger partial charge in [-0.1, -0.05) is 6.92 Å². The predicted molar refractivity (Wildman–Crippen MR) is 34.3 cm³/mol. The van der Waals surface area contributed by atoms with Gasteiger partial charge in [0, 0.05) is 5.92 Å². The Morgan fingerprint density at radius 2 is 2.40 bits per heavy atom. The maximum atomic E-state index is 10.9. The average molecular weight is 142 g/mol. The van der Waals surface area contributed by atoms with E-state index in [9.17, 15) is 9.59 Å². The maximum Gasteiger partial charge on any atom is 0.319 e. The Kier molecular flexibility index (Phi) is 1.50. The van der Waals surface area contributed by atoms with Gasteiger partial charge in [0.25, 0.3) is 0 Å². The van der Waals surface area contributed by atoms with E-state index in [2.05, 4.69) is 0 Å². The van der Waals surface area contributed by atoms with E-state index < -0.39 is 11.4 Å². The molecule has 0 saturated carbocycles. The van der Waals surface area contributed by atoms with Crippen LogP contribution in [0.1, 0.15) is 13.8 Å². The lowest BCUT2D eigenvalue weighted by atomic mass is 9.82. The molecule has 0 aromatic carbocycles. The van der Waals surface area contributed by atoms with Gasteiger partial charge < -0.3 is 9.53 Å². The highest BCUT2D eigenvalue weighted by atomic mass is 16.5. The monoisotopic (exact) mass is 142 g/mol. The van der Waals surface area contributed by atoms with Crippen molar-refractivity contribution in [2.24, 2.45) is 11.3 Å². The molecule has 0 aliphatic carbocycles. The van der Waals surface area contributed by atoms with Gasteiger partial charge in [-0.3, -0.25) is 4.79 Å². The average Bonchev–Trinajstić information content (AvgIpc) is 2.18. The number of carbonyl (C=O) groups is 2. The number of cyclic esters (lactones) is 1. The third-order valence-electron chi connectivity index (χ3n) is 2.17. The van der Waals surface area contributed by atoms with Crippen LogP contribution in [0, 0.1) is 11.3 Å². The van der Waals surface area contributed by atoms with E-state index in [-0.39, 0.29) is 5.92 Å². The summed E-state index contributed by atoms with van der Waals surface area (Å²) in [6.07, 6.45) is 0.674. The Labute approximate surface area is 59.4 Å². The Morgan fingerprint density at radius 3 is 2.60 bits per heavy atom. The highest BCUT2D eigenvalue weighted by molar-refractivity contribution is 5.94. The van der Waals surface area contributed by atoms with Crippen LogP contribution in [0.2, 0.25) is 0 Å². The van der Waals surface area contributed by atoms with Crippen LogP contribution in [-0.2, 0) is 14.3 Å². The van der Waals surface area contributed by atoms with E-state index in [4.69, 9.17) is 4.74 Å². The van der Waals surface area contributed by atoms with Crippen molar-refractivity contribution >= 4 is 12.3 Å². The van der Waals surface area contributed by atoms with E-state index in [1.165, 1.54) is 0 Å². The summed E-state index contributed by atoms with van der Waals surface area (Å²) in [5.74, 6) is -0.382. The first-order valence-electron chi connectivity index (χ1n) is 3.25. The highest BCUT2D eigenvalue weighted by Gasteiger charge is 2.46. The molecule has 2 atom stereocenters. The van der Waals surface area contributed by atoms with Crippen LogP contribution in [-0.4, -0.2) is 18.9 Å². The molecular weight excluding hydrogens is 132 g/mol. The van der Waals surface area contributed by atoms with E-state index in [1.807, 2.05) is 6.92 Å². The van der Waals surface area contributed by atoms with Crippen molar-refractivity contribution in [2.45, 2.75) is 13.8 Å². The van der Waals surface area contributed by atoms with Gasteiger partial charge in [-0.25, -0.2) is 0 Å². The highest BCUT2D eigenvalue weighted by Crippen LogP contribution is 2.32. The molecule has 10 heavy (non-hydrogen) atoms. The molecule has 3 heteroatoms. The number of rotatable bonds is 1. The molecule has 1 heterocycles. The summed E-state index contributed by atoms with van der Waals surface area (Å²) < 4.78 is 4.70. The molecule has 3 nitrogen and oxygen atoms in total. The zero-order chi connectivity index (χ0) is 7.78. The van der Waals surface area contributed by atoms with Crippen molar-refractivity contribution in [3.8, 4) is 0 Å². The van der Waals surface area contributed by atoms with Crippen molar-refractivity contribution in [1.29, 1.82) is 0 Å². The predicted octanol–water partition coefficient (Wildman–Crippen LogP) is 0.385. The van der Waals surface area contributed by atoms with E-state index in [0.29, 0.717) is 12.9 Å². The van der Waals surface area contributed by atoms with Crippen molar-refractivity contribution < 1.29 is 14.3 Å². The minimum Gasteiger partial charge on any atom is -0.465 e. The van der Waals surface area contributed by atoms with E-state index in [0.717, 1.165) is 0 Å². The largest absolute Gasteiger partial charge is 0.465 e. The van der Waals surface area contributed by atoms with Crippen molar-refractivity contribution in [2.75, 3.05) is 6.61 Å². The fraction of sp³-hybridized carbons (Fsp3) is 0.714. The second-order valence-corrected chi connectivity index (χ2v) is 2.90. The molecule has 0 aromatic rings. The zero-order valence-electron chi connectivity index (χ0n) is 6.09. The number of esters is 1. The van der Waals surface area contributed by atoms with Gasteiger partial charge in [-0.2, -0.15) is 0 Å². The van der Waals surface area contributed by atoms with Crippen LogP contribution < -0.4 is 0 Å². The van der Waals surface area contributed by atoms with Crippen LogP contribution in [0.15, 0.2) is 0 Å². The van der Waals surface area contributed by atoms with Crippen molar-refractivity contribution in [3.63, 3.8) is 0 Å². The first-order chi connectivity index (χ1) is 4.61. The summed E-state index contributed by atoms with van der Waals surface area (Å²) in [7, 11) is 0. The van der Waals surface area contributed by atoms with E-state index in [1.54, 1.807) is 6.92 Å². The van der Waals surface area contributed by atoms with Gasteiger partial charge in [0.2, 0.25) is 0 Å². The second-order valence-electron chi connectivity index (χ2n) is 2.90. The van der Waals surface area contributed by atoms with Gasteiger partial charge in [-0.15, -0.1) is 0 Å². The molecule has 1 saturated heterocycles. The van der Waals surface area contributed by atoms with Gasteiger partial charge >= 0.3 is 5.97 Å². The Bertz CT molecular complexity index is 176. The molecule has 0 amide bonds. The van der Waals surface area contributed by atoms with Crippen LogP contribution in [0.5, 0.6) is 0 Å². The lowest BCUT2D eigenvalue weighted by Gasteiger charge is -2.14. The number of ether oxygens (including phenoxy) is 1. The molecule has 1 rings (SSSR count). The summed E-state index contributed by atoms with van der Waals surface area (Å²) >= 11 is 0. The van der Waals surface area contributed by atoms with Crippen LogP contribution >= 0.6 is 0 Å². The topological polar surface area (TPSA) is 43.4 Å². The first kappa shape index (κ1) is 7.25. The molecule has 0 aromatic heterocycles. The zero-order valence-corrected chi connectivity index (χ0v) is 6.09. The molecule has 0 bridgehead atoms. The van der Waals surface area contributed by atoms with Gasteiger partial charge in [0.15, 0.2) is 0 Å². The molecule has 1 aliphatic heterocycles. The number of hydrogen-bond donors (Lipinski definition) is 0. The Balaban J connectivity index is 2.90. The maximum absolute atomic E-state index is 10.9. The lowest BCUT2D eigenvalue weighted by Crippen LogP contribution is -2.29. The third kappa shape index (κ3) is 0.735. The smallest absolute Gasteiger partial charge is 0.319 e. The summed E-state index contributed by atoms with van der Waals surface area (Å²) in [4.78, 5) is 21.3. The lowest BCUT2D eigenvalue weighted by molar-refractivity contribution is -0.147. The number of aldehydes is 1. The summed E-state index contributed by atoms with van der Waals surface area (Å²) in [6, 6.07) is 0. The minimum atomic E-state index is -0.889. The first-order valence-corrected chi connectivity index (χ1v) is 3.25.